The zero-order chi connectivity index (χ0) is 13.1. The zero-order valence-electron chi connectivity index (χ0n) is 10.9. The Morgan fingerprint density at radius 1 is 1.50 bits per heavy atom. The summed E-state index contributed by atoms with van der Waals surface area (Å²) in [5.74, 6) is -0.710. The van der Waals surface area contributed by atoms with Gasteiger partial charge in [0, 0.05) is 18.8 Å². The number of fused-ring (bicyclic) bond motifs is 1. The molecule has 0 bridgehead atoms. The third-order valence-corrected chi connectivity index (χ3v) is 3.38. The van der Waals surface area contributed by atoms with E-state index in [1.807, 2.05) is 26.0 Å². The number of carboxylic acids is 1. The van der Waals surface area contributed by atoms with Crippen LogP contribution in [0.25, 0.3) is 0 Å². The van der Waals surface area contributed by atoms with Gasteiger partial charge < -0.3 is 15.7 Å². The summed E-state index contributed by atoms with van der Waals surface area (Å²) in [7, 11) is 0. The molecule has 1 aromatic rings. The number of rotatable bonds is 5. The van der Waals surface area contributed by atoms with Crippen LogP contribution in [0.1, 0.15) is 25.0 Å². The lowest BCUT2D eigenvalue weighted by Crippen LogP contribution is -2.40. The van der Waals surface area contributed by atoms with Gasteiger partial charge in [0.2, 0.25) is 0 Å². The molecule has 2 rings (SSSR count). The van der Waals surface area contributed by atoms with Crippen LogP contribution in [0.2, 0.25) is 0 Å². The number of carbonyl (C=O) groups is 1. The standard InChI is InChI=1S/C14H20N2O2/c1-9(2)12(14(17)18)16-8-11-5-3-4-10-6-7-15-13(10)11/h3-5,9,12,15-16H,6-8H2,1-2H3,(H,17,18). The number of nitrogens with one attached hydrogen (secondary N) is 2. The number of hydrogen-bond acceptors (Lipinski definition) is 3. The average Bonchev–Trinajstić information content (AvgIpc) is 2.77. The molecule has 18 heavy (non-hydrogen) atoms. The first-order chi connectivity index (χ1) is 8.59. The molecule has 0 aromatic heterocycles. The topological polar surface area (TPSA) is 61.4 Å². The van der Waals surface area contributed by atoms with Gasteiger partial charge in [-0.25, -0.2) is 0 Å². The third-order valence-electron chi connectivity index (χ3n) is 3.38. The van der Waals surface area contributed by atoms with Crippen molar-refractivity contribution >= 4 is 11.7 Å². The van der Waals surface area contributed by atoms with Crippen molar-refractivity contribution in [3.8, 4) is 0 Å². The van der Waals surface area contributed by atoms with Gasteiger partial charge in [-0.2, -0.15) is 0 Å². The summed E-state index contributed by atoms with van der Waals surface area (Å²) in [6.07, 6.45) is 1.05. The Kier molecular flexibility index (Phi) is 3.87. The van der Waals surface area contributed by atoms with E-state index >= 15 is 0 Å². The number of hydrogen-bond donors (Lipinski definition) is 3. The van der Waals surface area contributed by atoms with Gasteiger partial charge in [0.1, 0.15) is 6.04 Å². The minimum Gasteiger partial charge on any atom is -0.480 e. The zero-order valence-corrected chi connectivity index (χ0v) is 10.9. The van der Waals surface area contributed by atoms with Crippen LogP contribution in [0, 0.1) is 5.92 Å². The minimum absolute atomic E-state index is 0.0761. The van der Waals surface area contributed by atoms with E-state index in [9.17, 15) is 4.79 Å². The maximum atomic E-state index is 11.1. The van der Waals surface area contributed by atoms with Crippen molar-refractivity contribution in [1.82, 2.24) is 5.32 Å². The molecule has 0 amide bonds. The third kappa shape index (κ3) is 2.64. The van der Waals surface area contributed by atoms with E-state index in [1.165, 1.54) is 11.3 Å². The van der Waals surface area contributed by atoms with Gasteiger partial charge in [-0.1, -0.05) is 32.0 Å². The van der Waals surface area contributed by atoms with Crippen LogP contribution in [-0.2, 0) is 17.8 Å². The van der Waals surface area contributed by atoms with Gasteiger partial charge in [-0.15, -0.1) is 0 Å². The second-order valence-electron chi connectivity index (χ2n) is 5.07. The maximum absolute atomic E-state index is 11.1. The van der Waals surface area contributed by atoms with Crippen molar-refractivity contribution in [2.24, 2.45) is 5.92 Å². The molecule has 98 valence electrons. The van der Waals surface area contributed by atoms with Crippen LogP contribution in [0.5, 0.6) is 0 Å². The first kappa shape index (κ1) is 12.9. The summed E-state index contributed by atoms with van der Waals surface area (Å²) < 4.78 is 0. The highest BCUT2D eigenvalue weighted by Crippen LogP contribution is 2.26. The van der Waals surface area contributed by atoms with Gasteiger partial charge >= 0.3 is 5.97 Å². The van der Waals surface area contributed by atoms with Crippen LogP contribution in [0.3, 0.4) is 0 Å². The summed E-state index contributed by atoms with van der Waals surface area (Å²) in [6.45, 7) is 5.39. The maximum Gasteiger partial charge on any atom is 0.320 e. The number of para-hydroxylation sites is 1. The van der Waals surface area contributed by atoms with Crippen molar-refractivity contribution in [2.45, 2.75) is 32.9 Å². The number of carboxylic acid groups (broad SMARTS) is 1. The van der Waals surface area contributed by atoms with Gasteiger partial charge in [0.15, 0.2) is 0 Å². The van der Waals surface area contributed by atoms with E-state index < -0.39 is 12.0 Å². The predicted octanol–water partition coefficient (Wildman–Crippen LogP) is 1.85. The lowest BCUT2D eigenvalue weighted by Gasteiger charge is -2.19. The Labute approximate surface area is 107 Å². The van der Waals surface area contributed by atoms with E-state index in [0.717, 1.165) is 18.5 Å². The molecular weight excluding hydrogens is 228 g/mol. The molecule has 3 N–H and O–H groups in total. The molecule has 0 saturated carbocycles. The monoisotopic (exact) mass is 248 g/mol. The Morgan fingerprint density at radius 2 is 2.28 bits per heavy atom. The van der Waals surface area contributed by atoms with Gasteiger partial charge in [-0.05, 0) is 23.5 Å². The second kappa shape index (κ2) is 5.40. The highest BCUT2D eigenvalue weighted by atomic mass is 16.4. The first-order valence-corrected chi connectivity index (χ1v) is 6.40. The minimum atomic E-state index is -0.787. The summed E-state index contributed by atoms with van der Waals surface area (Å²) in [5, 5.41) is 15.6. The Morgan fingerprint density at radius 3 is 2.94 bits per heavy atom. The molecule has 1 unspecified atom stereocenters. The highest BCUT2D eigenvalue weighted by Gasteiger charge is 2.21. The van der Waals surface area contributed by atoms with Crippen molar-refractivity contribution < 1.29 is 9.90 Å². The molecule has 0 radical (unpaired) electrons. The van der Waals surface area contributed by atoms with Crippen LogP contribution >= 0.6 is 0 Å². The van der Waals surface area contributed by atoms with Crippen LogP contribution in [-0.4, -0.2) is 23.7 Å². The molecule has 0 fully saturated rings. The van der Waals surface area contributed by atoms with E-state index in [4.69, 9.17) is 5.11 Å². The number of anilines is 1. The second-order valence-corrected chi connectivity index (χ2v) is 5.07. The highest BCUT2D eigenvalue weighted by molar-refractivity contribution is 5.73. The number of benzene rings is 1. The SMILES string of the molecule is CC(C)C(NCc1cccc2c1NCC2)C(=O)O. The Bertz CT molecular complexity index is 443. The molecule has 4 heteroatoms. The van der Waals surface area contributed by atoms with Gasteiger partial charge in [-0.3, -0.25) is 4.79 Å². The Hall–Kier alpha value is -1.55. The summed E-state index contributed by atoms with van der Waals surface area (Å²) in [5.41, 5.74) is 3.65. The average molecular weight is 248 g/mol. The lowest BCUT2D eigenvalue weighted by molar-refractivity contribution is -0.140. The van der Waals surface area contributed by atoms with E-state index in [2.05, 4.69) is 16.7 Å². The van der Waals surface area contributed by atoms with Crippen molar-refractivity contribution in [3.05, 3.63) is 29.3 Å². The van der Waals surface area contributed by atoms with Crippen LogP contribution in [0.15, 0.2) is 18.2 Å². The molecule has 1 aliphatic rings. The van der Waals surface area contributed by atoms with E-state index in [1.54, 1.807) is 0 Å². The fourth-order valence-corrected chi connectivity index (χ4v) is 2.39. The lowest BCUT2D eigenvalue weighted by atomic mass is 10.0. The first-order valence-electron chi connectivity index (χ1n) is 6.40. The van der Waals surface area contributed by atoms with Crippen LogP contribution < -0.4 is 10.6 Å². The molecule has 0 aliphatic carbocycles. The van der Waals surface area contributed by atoms with Crippen molar-refractivity contribution in [3.63, 3.8) is 0 Å². The molecule has 0 spiro atoms. The fraction of sp³-hybridized carbons (Fsp3) is 0.500. The van der Waals surface area contributed by atoms with E-state index in [-0.39, 0.29) is 5.92 Å². The van der Waals surface area contributed by atoms with Gasteiger partial charge in [0.25, 0.3) is 0 Å². The quantitative estimate of drug-likeness (QED) is 0.744. The molecule has 0 saturated heterocycles. The molecule has 1 heterocycles. The number of aliphatic carboxylic acids is 1. The largest absolute Gasteiger partial charge is 0.480 e. The molecule has 1 aromatic carbocycles. The molecule has 1 aliphatic heterocycles. The Balaban J connectivity index is 2.06. The van der Waals surface area contributed by atoms with E-state index in [0.29, 0.717) is 6.54 Å². The normalized spacial score (nSPS) is 15.3. The van der Waals surface area contributed by atoms with Crippen molar-refractivity contribution in [1.29, 1.82) is 0 Å². The summed E-state index contributed by atoms with van der Waals surface area (Å²) >= 11 is 0. The molecule has 4 nitrogen and oxygen atoms in total. The summed E-state index contributed by atoms with van der Waals surface area (Å²) in [6, 6.07) is 5.70. The summed E-state index contributed by atoms with van der Waals surface area (Å²) in [4.78, 5) is 11.1. The van der Waals surface area contributed by atoms with Gasteiger partial charge in [0.05, 0.1) is 0 Å². The molecular formula is C14H20N2O2. The smallest absolute Gasteiger partial charge is 0.320 e. The molecule has 1 atom stereocenters. The fourth-order valence-electron chi connectivity index (χ4n) is 2.39. The predicted molar refractivity (Wildman–Crippen MR) is 71.7 cm³/mol. The van der Waals surface area contributed by atoms with Crippen molar-refractivity contribution in [2.75, 3.05) is 11.9 Å². The van der Waals surface area contributed by atoms with Crippen LogP contribution in [0.4, 0.5) is 5.69 Å².